The van der Waals surface area contributed by atoms with E-state index >= 15 is 0 Å². The third kappa shape index (κ3) is 3.66. The van der Waals surface area contributed by atoms with Gasteiger partial charge < -0.3 is 0 Å². The highest BCUT2D eigenvalue weighted by molar-refractivity contribution is 9.09. The molecule has 102 valence electrons. The van der Waals surface area contributed by atoms with Crippen molar-refractivity contribution in [1.82, 2.24) is 8.61 Å². The molecule has 1 saturated carbocycles. The number of halogens is 1. The Bertz CT molecular complexity index is 311. The molecule has 0 radical (unpaired) electrons. The molecule has 6 heteroatoms. The zero-order valence-corrected chi connectivity index (χ0v) is 13.1. The standard InChI is InChI=1S/C11H23BrN2O2S/c1-3-13(4-2)17(15,16)14(10-9-12)11-7-5-6-8-11/h11H,3-10H2,1-2H3. The van der Waals surface area contributed by atoms with E-state index in [1.54, 1.807) is 8.61 Å². The smallest absolute Gasteiger partial charge is 0.195 e. The zero-order chi connectivity index (χ0) is 12.9. The van der Waals surface area contributed by atoms with Gasteiger partial charge in [-0.25, -0.2) is 0 Å². The molecular weight excluding hydrogens is 304 g/mol. The van der Waals surface area contributed by atoms with Crippen LogP contribution in [0.1, 0.15) is 39.5 Å². The summed E-state index contributed by atoms with van der Waals surface area (Å²) in [6, 6.07) is 0.207. The van der Waals surface area contributed by atoms with Crippen molar-refractivity contribution < 1.29 is 8.42 Å². The molecule has 0 atom stereocenters. The molecule has 0 bridgehead atoms. The van der Waals surface area contributed by atoms with Gasteiger partial charge in [-0.1, -0.05) is 42.6 Å². The van der Waals surface area contributed by atoms with Crippen LogP contribution in [0.5, 0.6) is 0 Å². The van der Waals surface area contributed by atoms with Gasteiger partial charge in [-0.05, 0) is 12.8 Å². The van der Waals surface area contributed by atoms with Crippen LogP contribution in [0.15, 0.2) is 0 Å². The van der Waals surface area contributed by atoms with Crippen molar-refractivity contribution in [3.8, 4) is 0 Å². The summed E-state index contributed by atoms with van der Waals surface area (Å²) in [7, 11) is -3.27. The maximum atomic E-state index is 12.5. The third-order valence-corrected chi connectivity index (χ3v) is 5.96. The molecule has 0 amide bonds. The van der Waals surface area contributed by atoms with Gasteiger partial charge in [0, 0.05) is 31.0 Å². The van der Waals surface area contributed by atoms with Gasteiger partial charge in [-0.15, -0.1) is 0 Å². The summed E-state index contributed by atoms with van der Waals surface area (Å²) in [4.78, 5) is 0. The van der Waals surface area contributed by atoms with E-state index < -0.39 is 10.2 Å². The molecule has 0 spiro atoms. The highest BCUT2D eigenvalue weighted by atomic mass is 79.9. The van der Waals surface area contributed by atoms with Crippen LogP contribution in [-0.2, 0) is 10.2 Å². The van der Waals surface area contributed by atoms with E-state index in [2.05, 4.69) is 15.9 Å². The van der Waals surface area contributed by atoms with Crippen LogP contribution >= 0.6 is 15.9 Å². The van der Waals surface area contributed by atoms with E-state index in [0.29, 0.717) is 25.0 Å². The van der Waals surface area contributed by atoms with E-state index in [4.69, 9.17) is 0 Å². The first-order valence-corrected chi connectivity index (χ1v) is 8.92. The molecule has 1 rings (SSSR count). The summed E-state index contributed by atoms with van der Waals surface area (Å²) in [5, 5.41) is 0.698. The van der Waals surface area contributed by atoms with Gasteiger partial charge in [0.1, 0.15) is 0 Å². The molecule has 1 fully saturated rings. The lowest BCUT2D eigenvalue weighted by Gasteiger charge is -2.32. The van der Waals surface area contributed by atoms with E-state index in [9.17, 15) is 8.42 Å². The Labute approximate surface area is 114 Å². The Kier molecular flexibility index (Phi) is 6.40. The van der Waals surface area contributed by atoms with Gasteiger partial charge in [0.05, 0.1) is 0 Å². The first-order chi connectivity index (χ1) is 8.07. The second-order valence-corrected chi connectivity index (χ2v) is 7.00. The van der Waals surface area contributed by atoms with Crippen LogP contribution in [0.25, 0.3) is 0 Å². The predicted octanol–water partition coefficient (Wildman–Crippen LogP) is 2.21. The van der Waals surface area contributed by atoms with Gasteiger partial charge in [0.2, 0.25) is 0 Å². The number of rotatable bonds is 7. The zero-order valence-electron chi connectivity index (χ0n) is 10.7. The van der Waals surface area contributed by atoms with Crippen molar-refractivity contribution in [2.75, 3.05) is 25.0 Å². The Hall–Kier alpha value is 0.350. The largest absolute Gasteiger partial charge is 0.282 e. The summed E-state index contributed by atoms with van der Waals surface area (Å²) in [6.45, 7) is 5.45. The van der Waals surface area contributed by atoms with Gasteiger partial charge in [0.25, 0.3) is 10.2 Å². The van der Waals surface area contributed by atoms with E-state index in [1.807, 2.05) is 13.8 Å². The topological polar surface area (TPSA) is 40.6 Å². The normalized spacial score (nSPS) is 18.4. The first-order valence-electron chi connectivity index (χ1n) is 6.40. The molecule has 0 aliphatic heterocycles. The van der Waals surface area contributed by atoms with Gasteiger partial charge in [0.15, 0.2) is 0 Å². The molecule has 0 heterocycles. The Morgan fingerprint density at radius 1 is 1.18 bits per heavy atom. The van der Waals surface area contributed by atoms with E-state index in [0.717, 1.165) is 25.7 Å². The fourth-order valence-corrected chi connectivity index (χ4v) is 4.94. The highest BCUT2D eigenvalue weighted by Crippen LogP contribution is 2.26. The van der Waals surface area contributed by atoms with Crippen molar-refractivity contribution in [3.63, 3.8) is 0 Å². The van der Waals surface area contributed by atoms with Gasteiger partial charge in [-0.2, -0.15) is 17.0 Å². The minimum atomic E-state index is -3.27. The van der Waals surface area contributed by atoms with Crippen LogP contribution in [-0.4, -0.2) is 48.0 Å². The van der Waals surface area contributed by atoms with Crippen molar-refractivity contribution >= 4 is 26.1 Å². The molecule has 0 aromatic heterocycles. The number of alkyl halides is 1. The summed E-state index contributed by atoms with van der Waals surface area (Å²) in [5.41, 5.74) is 0. The van der Waals surface area contributed by atoms with Gasteiger partial charge in [-0.3, -0.25) is 0 Å². The third-order valence-electron chi connectivity index (χ3n) is 3.36. The molecule has 0 N–H and O–H groups in total. The fourth-order valence-electron chi connectivity index (χ4n) is 2.46. The van der Waals surface area contributed by atoms with Crippen molar-refractivity contribution in [1.29, 1.82) is 0 Å². The second kappa shape index (κ2) is 7.07. The van der Waals surface area contributed by atoms with Crippen LogP contribution in [0, 0.1) is 0 Å². The van der Waals surface area contributed by atoms with Gasteiger partial charge >= 0.3 is 0 Å². The van der Waals surface area contributed by atoms with Crippen molar-refractivity contribution in [2.45, 2.75) is 45.6 Å². The molecule has 17 heavy (non-hydrogen) atoms. The lowest BCUT2D eigenvalue weighted by Crippen LogP contribution is -2.48. The number of hydrogen-bond acceptors (Lipinski definition) is 2. The average Bonchev–Trinajstić information content (AvgIpc) is 2.80. The number of nitrogens with zero attached hydrogens (tertiary/aromatic N) is 2. The number of hydrogen-bond donors (Lipinski definition) is 0. The Morgan fingerprint density at radius 2 is 1.71 bits per heavy atom. The summed E-state index contributed by atoms with van der Waals surface area (Å²) >= 11 is 3.36. The lowest BCUT2D eigenvalue weighted by molar-refractivity contribution is 0.300. The molecule has 0 saturated heterocycles. The highest BCUT2D eigenvalue weighted by Gasteiger charge is 2.34. The SMILES string of the molecule is CCN(CC)S(=O)(=O)N(CCBr)C1CCCC1. The van der Waals surface area contributed by atoms with Crippen LogP contribution in [0.3, 0.4) is 0 Å². The van der Waals surface area contributed by atoms with E-state index in [-0.39, 0.29) is 6.04 Å². The Balaban J connectivity index is 2.87. The molecule has 0 aromatic rings. The minimum absolute atomic E-state index is 0.207. The molecule has 0 unspecified atom stereocenters. The molecular formula is C11H23BrN2O2S. The quantitative estimate of drug-likeness (QED) is 0.673. The maximum Gasteiger partial charge on any atom is 0.282 e. The Morgan fingerprint density at radius 3 is 2.12 bits per heavy atom. The first kappa shape index (κ1) is 15.4. The van der Waals surface area contributed by atoms with Crippen LogP contribution in [0.4, 0.5) is 0 Å². The summed E-state index contributed by atoms with van der Waals surface area (Å²) in [6.07, 6.45) is 4.31. The van der Waals surface area contributed by atoms with E-state index in [1.165, 1.54) is 0 Å². The average molecular weight is 327 g/mol. The maximum absolute atomic E-state index is 12.5. The molecule has 4 nitrogen and oxygen atoms in total. The van der Waals surface area contributed by atoms with Crippen LogP contribution < -0.4 is 0 Å². The molecule has 1 aliphatic carbocycles. The molecule has 0 aromatic carbocycles. The van der Waals surface area contributed by atoms with Crippen molar-refractivity contribution in [2.24, 2.45) is 0 Å². The van der Waals surface area contributed by atoms with Crippen molar-refractivity contribution in [3.05, 3.63) is 0 Å². The summed E-state index contributed by atoms with van der Waals surface area (Å²) < 4.78 is 28.2. The minimum Gasteiger partial charge on any atom is -0.195 e. The molecule has 1 aliphatic rings. The fraction of sp³-hybridized carbons (Fsp3) is 1.00. The summed E-state index contributed by atoms with van der Waals surface area (Å²) in [5.74, 6) is 0. The lowest BCUT2D eigenvalue weighted by atomic mass is 10.2. The second-order valence-electron chi connectivity index (χ2n) is 4.33. The van der Waals surface area contributed by atoms with Crippen LogP contribution in [0.2, 0.25) is 0 Å². The predicted molar refractivity (Wildman–Crippen MR) is 74.6 cm³/mol. The monoisotopic (exact) mass is 326 g/mol.